The first-order chi connectivity index (χ1) is 12.6. The smallest absolute Gasteiger partial charge is 0.227 e. The van der Waals surface area contributed by atoms with Crippen LogP contribution in [-0.2, 0) is 20.8 Å². The lowest BCUT2D eigenvalue weighted by Crippen LogP contribution is -2.43. The molecular weight excluding hydrogens is 328 g/mol. The van der Waals surface area contributed by atoms with Gasteiger partial charge in [-0.1, -0.05) is 43.3 Å². The third-order valence-electron chi connectivity index (χ3n) is 4.35. The van der Waals surface area contributed by atoms with Gasteiger partial charge in [0.15, 0.2) is 6.29 Å². The zero-order chi connectivity index (χ0) is 18.9. The summed E-state index contributed by atoms with van der Waals surface area (Å²) < 4.78 is 11.3. The summed E-state index contributed by atoms with van der Waals surface area (Å²) in [6.45, 7) is 7.98. The highest BCUT2D eigenvalue weighted by Gasteiger charge is 2.23. The third-order valence-corrected chi connectivity index (χ3v) is 4.35. The first kappa shape index (κ1) is 20.4. The van der Waals surface area contributed by atoms with Crippen LogP contribution in [0.2, 0.25) is 0 Å². The van der Waals surface area contributed by atoms with Crippen LogP contribution in [-0.4, -0.2) is 43.4 Å². The Bertz CT molecular complexity index is 698. The molecule has 1 atom stereocenters. The van der Waals surface area contributed by atoms with Gasteiger partial charge in [0.1, 0.15) is 0 Å². The summed E-state index contributed by atoms with van der Waals surface area (Å²) in [6.07, 6.45) is -0.431. The van der Waals surface area contributed by atoms with E-state index in [4.69, 9.17) is 15.2 Å². The van der Waals surface area contributed by atoms with Gasteiger partial charge in [0.25, 0.3) is 0 Å². The van der Waals surface area contributed by atoms with Crippen molar-refractivity contribution >= 4 is 16.7 Å². The number of ether oxygens (including phenoxy) is 2. The van der Waals surface area contributed by atoms with Crippen molar-refractivity contribution < 1.29 is 14.3 Å². The number of fused-ring (bicyclic) bond motifs is 1. The number of hydrogen-bond acceptors (Lipinski definition) is 4. The predicted molar refractivity (Wildman–Crippen MR) is 105 cm³/mol. The molecule has 1 amide bonds. The molecule has 5 nitrogen and oxygen atoms in total. The molecule has 2 N–H and O–H groups in total. The zero-order valence-electron chi connectivity index (χ0n) is 16.0. The molecule has 0 unspecified atom stereocenters. The van der Waals surface area contributed by atoms with Gasteiger partial charge in [-0.15, -0.1) is 0 Å². The second kappa shape index (κ2) is 10.3. The van der Waals surface area contributed by atoms with E-state index in [2.05, 4.69) is 30.3 Å². The molecule has 0 aliphatic rings. The maximum Gasteiger partial charge on any atom is 0.227 e. The lowest BCUT2D eigenvalue weighted by atomic mass is 10.1. The molecule has 0 bridgehead atoms. The van der Waals surface area contributed by atoms with Crippen molar-refractivity contribution in [2.45, 2.75) is 33.6 Å². The predicted octanol–water partition coefficient (Wildman–Crippen LogP) is 3.16. The van der Waals surface area contributed by atoms with Gasteiger partial charge in [0.05, 0.1) is 6.54 Å². The fraction of sp³-hybridized carbons (Fsp3) is 0.476. The largest absolute Gasteiger partial charge is 0.351 e. The van der Waals surface area contributed by atoms with E-state index in [0.717, 1.165) is 10.9 Å². The number of benzene rings is 2. The van der Waals surface area contributed by atoms with Crippen LogP contribution in [0.5, 0.6) is 0 Å². The van der Waals surface area contributed by atoms with E-state index in [1.54, 1.807) is 4.90 Å². The SMILES string of the molecule is CCOC(CN(Cc1ccc2ccccc2c1)C(=O)[C@H](C)CN)OCC. The minimum absolute atomic E-state index is 0.0186. The van der Waals surface area contributed by atoms with Crippen molar-refractivity contribution in [3.8, 4) is 0 Å². The van der Waals surface area contributed by atoms with Crippen LogP contribution in [0.25, 0.3) is 10.8 Å². The molecule has 2 aromatic rings. The van der Waals surface area contributed by atoms with E-state index in [-0.39, 0.29) is 11.8 Å². The van der Waals surface area contributed by atoms with Crippen molar-refractivity contribution in [3.63, 3.8) is 0 Å². The summed E-state index contributed by atoms with van der Waals surface area (Å²) >= 11 is 0. The van der Waals surface area contributed by atoms with E-state index in [1.165, 1.54) is 5.39 Å². The number of amides is 1. The van der Waals surface area contributed by atoms with E-state index < -0.39 is 6.29 Å². The molecule has 26 heavy (non-hydrogen) atoms. The molecule has 2 aromatic carbocycles. The second-order valence-electron chi connectivity index (χ2n) is 6.38. The summed E-state index contributed by atoms with van der Waals surface area (Å²) in [4.78, 5) is 14.6. The van der Waals surface area contributed by atoms with Crippen LogP contribution in [0.3, 0.4) is 0 Å². The van der Waals surface area contributed by atoms with Gasteiger partial charge in [0.2, 0.25) is 5.91 Å². The van der Waals surface area contributed by atoms with Gasteiger partial charge in [-0.25, -0.2) is 0 Å². The molecule has 5 heteroatoms. The van der Waals surface area contributed by atoms with Crippen LogP contribution < -0.4 is 5.73 Å². The Labute approximate surface area is 156 Å². The van der Waals surface area contributed by atoms with E-state index in [9.17, 15) is 4.79 Å². The fourth-order valence-corrected chi connectivity index (χ4v) is 2.91. The molecule has 0 aliphatic heterocycles. The normalized spacial score (nSPS) is 12.5. The Balaban J connectivity index is 2.21. The zero-order valence-corrected chi connectivity index (χ0v) is 16.0. The molecule has 0 spiro atoms. The highest BCUT2D eigenvalue weighted by molar-refractivity contribution is 5.83. The Morgan fingerprint density at radius 3 is 2.35 bits per heavy atom. The molecule has 0 saturated carbocycles. The highest BCUT2D eigenvalue weighted by atomic mass is 16.7. The lowest BCUT2D eigenvalue weighted by molar-refractivity contribution is -0.161. The van der Waals surface area contributed by atoms with Crippen molar-refractivity contribution in [2.24, 2.45) is 11.7 Å². The summed E-state index contributed by atoms with van der Waals surface area (Å²) in [7, 11) is 0. The lowest BCUT2D eigenvalue weighted by Gasteiger charge is -2.29. The van der Waals surface area contributed by atoms with Crippen LogP contribution in [0.1, 0.15) is 26.3 Å². The number of carbonyl (C=O) groups is 1. The molecule has 2 rings (SSSR count). The average Bonchev–Trinajstić information content (AvgIpc) is 2.66. The minimum atomic E-state index is -0.431. The fourth-order valence-electron chi connectivity index (χ4n) is 2.91. The van der Waals surface area contributed by atoms with Gasteiger partial charge in [-0.3, -0.25) is 4.79 Å². The van der Waals surface area contributed by atoms with Crippen LogP contribution in [0, 0.1) is 5.92 Å². The van der Waals surface area contributed by atoms with Crippen LogP contribution in [0.4, 0.5) is 0 Å². The Morgan fingerprint density at radius 1 is 1.08 bits per heavy atom. The van der Waals surface area contributed by atoms with Gasteiger partial charge in [0, 0.05) is 32.2 Å². The topological polar surface area (TPSA) is 64.8 Å². The molecule has 0 radical (unpaired) electrons. The van der Waals surface area contributed by atoms with Crippen molar-refractivity contribution in [1.82, 2.24) is 4.90 Å². The average molecular weight is 358 g/mol. The molecule has 0 aliphatic carbocycles. The molecule has 0 fully saturated rings. The molecule has 0 saturated heterocycles. The van der Waals surface area contributed by atoms with Crippen molar-refractivity contribution in [2.75, 3.05) is 26.3 Å². The summed E-state index contributed by atoms with van der Waals surface area (Å²) in [5, 5.41) is 2.35. The van der Waals surface area contributed by atoms with Crippen molar-refractivity contribution in [1.29, 1.82) is 0 Å². The quantitative estimate of drug-likeness (QED) is 0.663. The summed E-state index contributed by atoms with van der Waals surface area (Å²) in [6, 6.07) is 14.5. The Hall–Kier alpha value is -1.95. The van der Waals surface area contributed by atoms with E-state index in [0.29, 0.717) is 32.8 Å². The van der Waals surface area contributed by atoms with Gasteiger partial charge in [-0.05, 0) is 36.2 Å². The standard InChI is InChI=1S/C21H30N2O3/c1-4-25-20(26-5-2)15-23(21(24)16(3)13-22)14-17-10-11-18-8-6-7-9-19(18)12-17/h6-12,16,20H,4-5,13-15,22H2,1-3H3/t16-/m1/s1. The number of carbonyl (C=O) groups excluding carboxylic acids is 1. The molecule has 0 heterocycles. The maximum atomic E-state index is 12.8. The molecule has 142 valence electrons. The maximum absolute atomic E-state index is 12.8. The molecular formula is C21H30N2O3. The van der Waals surface area contributed by atoms with Gasteiger partial charge in [-0.2, -0.15) is 0 Å². The number of hydrogen-bond donors (Lipinski definition) is 1. The third kappa shape index (κ3) is 5.53. The van der Waals surface area contributed by atoms with Crippen molar-refractivity contribution in [3.05, 3.63) is 48.0 Å². The second-order valence-corrected chi connectivity index (χ2v) is 6.38. The van der Waals surface area contributed by atoms with Crippen LogP contribution in [0.15, 0.2) is 42.5 Å². The summed E-state index contributed by atoms with van der Waals surface area (Å²) in [5.74, 6) is -0.218. The number of nitrogens with zero attached hydrogens (tertiary/aromatic N) is 1. The van der Waals surface area contributed by atoms with Gasteiger partial charge >= 0.3 is 0 Å². The first-order valence-electron chi connectivity index (χ1n) is 9.28. The number of rotatable bonds is 10. The van der Waals surface area contributed by atoms with Crippen LogP contribution >= 0.6 is 0 Å². The Kier molecular flexibility index (Phi) is 8.04. The first-order valence-corrected chi connectivity index (χ1v) is 9.28. The van der Waals surface area contributed by atoms with E-state index >= 15 is 0 Å². The highest BCUT2D eigenvalue weighted by Crippen LogP contribution is 2.18. The minimum Gasteiger partial charge on any atom is -0.351 e. The summed E-state index contributed by atoms with van der Waals surface area (Å²) in [5.41, 5.74) is 6.79. The van der Waals surface area contributed by atoms with E-state index in [1.807, 2.05) is 32.9 Å². The van der Waals surface area contributed by atoms with Gasteiger partial charge < -0.3 is 20.1 Å². The Morgan fingerprint density at radius 2 is 1.73 bits per heavy atom. The number of nitrogens with two attached hydrogens (primary N) is 1. The molecule has 0 aromatic heterocycles. The monoisotopic (exact) mass is 358 g/mol.